The number of carbonyl (C=O) groups excluding carboxylic acids is 1. The maximum atomic E-state index is 13.6. The highest BCUT2D eigenvalue weighted by molar-refractivity contribution is 7.93. The summed E-state index contributed by atoms with van der Waals surface area (Å²) in [7, 11) is -0.724. The van der Waals surface area contributed by atoms with Crippen LogP contribution in [-0.4, -0.2) is 82.3 Å². The van der Waals surface area contributed by atoms with Gasteiger partial charge >= 0.3 is 0 Å². The molecule has 1 aliphatic carbocycles. The first kappa shape index (κ1) is 32.3. The van der Waals surface area contributed by atoms with Gasteiger partial charge in [0.1, 0.15) is 5.82 Å². The number of aliphatic hydroxyl groups excluding tert-OH is 1. The number of aromatic nitrogens is 1. The minimum absolute atomic E-state index is 0.0594. The van der Waals surface area contributed by atoms with Gasteiger partial charge < -0.3 is 25.2 Å². The Balaban J connectivity index is 1.82. The molecule has 0 spiro atoms. The number of pyridine rings is 1. The third kappa shape index (κ3) is 10.3. The number of rotatable bonds is 16. The fourth-order valence-electron chi connectivity index (χ4n) is 3.94. The van der Waals surface area contributed by atoms with Crippen molar-refractivity contribution in [1.82, 2.24) is 15.6 Å². The summed E-state index contributed by atoms with van der Waals surface area (Å²) in [5.41, 5.74) is 1.11. The number of ether oxygens (including phenoxy) is 2. The fraction of sp³-hybridized carbons (Fsp3) is 0.533. The third-order valence-corrected chi connectivity index (χ3v) is 8.77. The van der Waals surface area contributed by atoms with Crippen LogP contribution in [0.5, 0.6) is 5.88 Å². The molecule has 11 heteroatoms. The lowest BCUT2D eigenvalue weighted by atomic mass is 10.0. The number of aliphatic hydroxyl groups is 1. The number of hydrogen-bond donors (Lipinski definition) is 3. The second-order valence-electron chi connectivity index (χ2n) is 10.4. The predicted octanol–water partition coefficient (Wildman–Crippen LogP) is 2.38. The minimum atomic E-state index is -3.71. The van der Waals surface area contributed by atoms with Crippen LogP contribution in [0.25, 0.3) is 0 Å². The quantitative estimate of drug-likeness (QED) is 0.202. The molecule has 1 heterocycles. The number of nitrogens with one attached hydrogen (secondary N) is 2. The fourth-order valence-corrected chi connectivity index (χ4v) is 4.92. The molecule has 0 radical (unpaired) electrons. The van der Waals surface area contributed by atoms with E-state index in [1.165, 1.54) is 19.2 Å². The smallest absolute Gasteiger partial charge is 0.251 e. The summed E-state index contributed by atoms with van der Waals surface area (Å²) in [6.07, 6.45) is 2.38. The molecule has 2 aromatic rings. The van der Waals surface area contributed by atoms with Crippen LogP contribution >= 0.6 is 0 Å². The molecule has 1 aromatic heterocycles. The van der Waals surface area contributed by atoms with Crippen molar-refractivity contribution in [3.8, 4) is 17.7 Å². The standard InChI is InChI=1S/C30H42N4O6S/c1-22(2)41(37,38)34(3)28-19-25(20-29(33-28)40-17-9-16-39-4)30(36)32-26(18-24-10-6-5-7-11-24)27(35)21-31-15-8-12-23-13-14-23/h5-7,10-11,19-20,22-23,26-27,31,35H,9,13-18,21H2,1-4H3,(H,32,36)/t26-,27+/m0/s1. The Bertz CT molecular complexity index is 1290. The number of amides is 1. The zero-order chi connectivity index (χ0) is 29.8. The van der Waals surface area contributed by atoms with Crippen molar-refractivity contribution in [2.45, 2.75) is 56.9 Å². The number of nitrogens with zero attached hydrogens (tertiary/aromatic N) is 2. The zero-order valence-corrected chi connectivity index (χ0v) is 25.1. The van der Waals surface area contributed by atoms with Gasteiger partial charge in [0.25, 0.3) is 5.91 Å². The monoisotopic (exact) mass is 586 g/mol. The van der Waals surface area contributed by atoms with Crippen LogP contribution in [0, 0.1) is 17.8 Å². The normalized spacial score (nSPS) is 14.6. The van der Waals surface area contributed by atoms with E-state index >= 15 is 0 Å². The first-order valence-corrected chi connectivity index (χ1v) is 15.5. The summed E-state index contributed by atoms with van der Waals surface area (Å²) in [5.74, 6) is 6.45. The topological polar surface area (TPSA) is 130 Å². The van der Waals surface area contributed by atoms with Crippen LogP contribution < -0.4 is 19.7 Å². The summed E-state index contributed by atoms with van der Waals surface area (Å²) < 4.78 is 37.6. The lowest BCUT2D eigenvalue weighted by Gasteiger charge is -2.25. The van der Waals surface area contributed by atoms with Gasteiger partial charge in [-0.2, -0.15) is 4.98 Å². The Labute approximate surface area is 243 Å². The molecule has 10 nitrogen and oxygen atoms in total. The van der Waals surface area contributed by atoms with Gasteiger partial charge in [-0.25, -0.2) is 8.42 Å². The minimum Gasteiger partial charge on any atom is -0.478 e. The first-order valence-electron chi connectivity index (χ1n) is 13.9. The highest BCUT2D eigenvalue weighted by atomic mass is 32.2. The first-order chi connectivity index (χ1) is 19.6. The SMILES string of the molecule is COCCCOc1cc(C(=O)N[C@@H](Cc2ccccc2)[C@H](O)CNCC#CC2CC2)cc(N(C)S(=O)(=O)C(C)C)n1. The van der Waals surface area contributed by atoms with Gasteiger partial charge in [0, 0.05) is 51.3 Å². The maximum Gasteiger partial charge on any atom is 0.251 e. The van der Waals surface area contributed by atoms with Crippen molar-refractivity contribution in [2.24, 2.45) is 5.92 Å². The summed E-state index contributed by atoms with van der Waals surface area (Å²) in [5, 5.41) is 16.5. The molecule has 3 N–H and O–H groups in total. The van der Waals surface area contributed by atoms with E-state index in [1.54, 1.807) is 21.0 Å². The largest absolute Gasteiger partial charge is 0.478 e. The van der Waals surface area contributed by atoms with Gasteiger partial charge in [0.2, 0.25) is 15.9 Å². The van der Waals surface area contributed by atoms with Crippen molar-refractivity contribution in [2.75, 3.05) is 44.8 Å². The van der Waals surface area contributed by atoms with Gasteiger partial charge in [-0.05, 0) is 44.7 Å². The average molecular weight is 587 g/mol. The molecule has 0 bridgehead atoms. The number of benzene rings is 1. The number of hydrogen-bond acceptors (Lipinski definition) is 8. The zero-order valence-electron chi connectivity index (χ0n) is 24.3. The van der Waals surface area contributed by atoms with E-state index < -0.39 is 33.3 Å². The number of sulfonamides is 1. The Kier molecular flexibility index (Phi) is 12.4. The second-order valence-corrected chi connectivity index (χ2v) is 12.9. The summed E-state index contributed by atoms with van der Waals surface area (Å²) in [6.45, 7) is 4.59. The Morgan fingerprint density at radius 1 is 1.20 bits per heavy atom. The van der Waals surface area contributed by atoms with E-state index in [9.17, 15) is 18.3 Å². The van der Waals surface area contributed by atoms with E-state index in [-0.39, 0.29) is 30.4 Å². The Morgan fingerprint density at radius 3 is 2.59 bits per heavy atom. The molecule has 2 atom stereocenters. The molecule has 3 rings (SSSR count). The Morgan fingerprint density at radius 2 is 1.93 bits per heavy atom. The molecule has 1 amide bonds. The molecule has 41 heavy (non-hydrogen) atoms. The van der Waals surface area contributed by atoms with Crippen LogP contribution in [0.2, 0.25) is 0 Å². The highest BCUT2D eigenvalue weighted by Gasteiger charge is 2.27. The van der Waals surface area contributed by atoms with E-state index in [0.717, 1.165) is 22.7 Å². The molecule has 1 aliphatic rings. The van der Waals surface area contributed by atoms with Crippen molar-refractivity contribution in [3.63, 3.8) is 0 Å². The van der Waals surface area contributed by atoms with Crippen molar-refractivity contribution >= 4 is 21.7 Å². The third-order valence-electron chi connectivity index (χ3n) is 6.62. The average Bonchev–Trinajstić information content (AvgIpc) is 3.79. The van der Waals surface area contributed by atoms with Crippen LogP contribution in [0.3, 0.4) is 0 Å². The number of carbonyl (C=O) groups is 1. The van der Waals surface area contributed by atoms with Gasteiger partial charge in [0.15, 0.2) is 0 Å². The molecule has 1 saturated carbocycles. The van der Waals surface area contributed by atoms with Crippen LogP contribution in [0.4, 0.5) is 5.82 Å². The molecule has 1 fully saturated rings. The molecule has 0 saturated heterocycles. The second kappa shape index (κ2) is 15.7. The number of methoxy groups -OCH3 is 1. The maximum absolute atomic E-state index is 13.6. The van der Waals surface area contributed by atoms with Crippen molar-refractivity contribution < 1.29 is 27.8 Å². The Hall–Kier alpha value is -3.17. The lowest BCUT2D eigenvalue weighted by Crippen LogP contribution is -2.48. The molecular formula is C30H42N4O6S. The van der Waals surface area contributed by atoms with Gasteiger partial charge in [-0.15, -0.1) is 0 Å². The van der Waals surface area contributed by atoms with E-state index in [4.69, 9.17) is 9.47 Å². The van der Waals surface area contributed by atoms with Gasteiger partial charge in [-0.3, -0.25) is 9.10 Å². The van der Waals surface area contributed by atoms with E-state index in [0.29, 0.717) is 31.9 Å². The van der Waals surface area contributed by atoms with Crippen LogP contribution in [-0.2, 0) is 21.2 Å². The van der Waals surface area contributed by atoms with Crippen LogP contribution in [0.15, 0.2) is 42.5 Å². The summed E-state index contributed by atoms with van der Waals surface area (Å²) in [6, 6.07) is 11.8. The van der Waals surface area contributed by atoms with Crippen molar-refractivity contribution in [1.29, 1.82) is 0 Å². The molecule has 0 unspecified atom stereocenters. The van der Waals surface area contributed by atoms with Gasteiger partial charge in [-0.1, -0.05) is 42.2 Å². The summed E-state index contributed by atoms with van der Waals surface area (Å²) >= 11 is 0. The van der Waals surface area contributed by atoms with Crippen LogP contribution in [0.1, 0.15) is 49.0 Å². The van der Waals surface area contributed by atoms with Gasteiger partial charge in [0.05, 0.1) is 30.5 Å². The molecular weight excluding hydrogens is 544 g/mol. The molecule has 224 valence electrons. The van der Waals surface area contributed by atoms with E-state index in [2.05, 4.69) is 27.5 Å². The highest BCUT2D eigenvalue weighted by Crippen LogP contribution is 2.27. The number of anilines is 1. The lowest BCUT2D eigenvalue weighted by molar-refractivity contribution is 0.0832. The van der Waals surface area contributed by atoms with Crippen molar-refractivity contribution in [3.05, 3.63) is 53.6 Å². The predicted molar refractivity (Wildman–Crippen MR) is 159 cm³/mol. The molecule has 0 aliphatic heterocycles. The summed E-state index contributed by atoms with van der Waals surface area (Å²) in [4.78, 5) is 17.9. The molecule has 1 aromatic carbocycles. The van der Waals surface area contributed by atoms with E-state index in [1.807, 2.05) is 30.3 Å².